The van der Waals surface area contributed by atoms with Crippen molar-refractivity contribution in [1.29, 1.82) is 0 Å². The van der Waals surface area contributed by atoms with Gasteiger partial charge < -0.3 is 10.2 Å². The molecule has 1 atom stereocenters. The summed E-state index contributed by atoms with van der Waals surface area (Å²) in [5.41, 5.74) is 2.48. The van der Waals surface area contributed by atoms with Crippen LogP contribution in [-0.2, 0) is 28.3 Å². The van der Waals surface area contributed by atoms with Gasteiger partial charge in [0.15, 0.2) is 0 Å². The van der Waals surface area contributed by atoms with E-state index < -0.39 is 6.04 Å². The van der Waals surface area contributed by atoms with Gasteiger partial charge in [-0.25, -0.2) is 4.39 Å². The van der Waals surface area contributed by atoms with Crippen molar-refractivity contribution in [2.75, 3.05) is 5.75 Å². The van der Waals surface area contributed by atoms with Crippen molar-refractivity contribution in [2.45, 2.75) is 62.9 Å². The van der Waals surface area contributed by atoms with Gasteiger partial charge in [-0.1, -0.05) is 95.9 Å². The first-order valence-corrected chi connectivity index (χ1v) is 15.1. The van der Waals surface area contributed by atoms with Gasteiger partial charge in [-0.3, -0.25) is 9.59 Å². The summed E-state index contributed by atoms with van der Waals surface area (Å²) in [6.45, 7) is 0.0416. The summed E-state index contributed by atoms with van der Waals surface area (Å²) < 4.78 is 15.7. The Morgan fingerprint density at radius 3 is 2.32 bits per heavy atom. The summed E-state index contributed by atoms with van der Waals surface area (Å²) in [7, 11) is 0. The monoisotopic (exact) mass is 596 g/mol. The van der Waals surface area contributed by atoms with E-state index in [1.807, 2.05) is 54.6 Å². The van der Waals surface area contributed by atoms with Crippen LogP contribution >= 0.6 is 27.7 Å². The summed E-state index contributed by atoms with van der Waals surface area (Å²) in [6.07, 6.45) is 5.66. The lowest BCUT2D eigenvalue weighted by Crippen LogP contribution is -2.53. The van der Waals surface area contributed by atoms with E-state index in [-0.39, 0.29) is 36.0 Å². The average Bonchev–Trinajstić information content (AvgIpc) is 2.93. The third kappa shape index (κ3) is 8.43. The first kappa shape index (κ1) is 28.4. The number of hydrogen-bond acceptors (Lipinski definition) is 3. The highest BCUT2D eigenvalue weighted by Crippen LogP contribution is 2.22. The Morgan fingerprint density at radius 2 is 1.61 bits per heavy atom. The van der Waals surface area contributed by atoms with Crippen LogP contribution < -0.4 is 5.32 Å². The highest BCUT2D eigenvalue weighted by molar-refractivity contribution is 9.10. The molecule has 0 unspecified atom stereocenters. The third-order valence-electron chi connectivity index (χ3n) is 6.93. The molecule has 1 N–H and O–H groups in total. The lowest BCUT2D eigenvalue weighted by atomic mass is 9.94. The summed E-state index contributed by atoms with van der Waals surface area (Å²) in [5.74, 6) is 0.161. The van der Waals surface area contributed by atoms with Crippen molar-refractivity contribution in [3.8, 4) is 0 Å². The molecule has 7 heteroatoms. The zero-order chi connectivity index (χ0) is 26.7. The Hall–Kier alpha value is -2.64. The molecule has 3 aromatic carbocycles. The molecule has 1 fully saturated rings. The Kier molecular flexibility index (Phi) is 10.8. The van der Waals surface area contributed by atoms with Crippen LogP contribution in [0, 0.1) is 5.82 Å². The lowest BCUT2D eigenvalue weighted by molar-refractivity contribution is -0.139. The van der Waals surface area contributed by atoms with Gasteiger partial charge in [0, 0.05) is 34.8 Å². The van der Waals surface area contributed by atoms with Crippen LogP contribution in [0.2, 0.25) is 0 Å². The zero-order valence-corrected chi connectivity index (χ0v) is 23.9. The number of amides is 2. The molecule has 38 heavy (non-hydrogen) atoms. The predicted octanol–water partition coefficient (Wildman–Crippen LogP) is 6.91. The molecular formula is C31H34BrFN2O2S. The maximum Gasteiger partial charge on any atom is 0.243 e. The third-order valence-corrected chi connectivity index (χ3v) is 8.45. The number of rotatable bonds is 11. The quantitative estimate of drug-likeness (QED) is 0.261. The van der Waals surface area contributed by atoms with Crippen molar-refractivity contribution in [1.82, 2.24) is 10.2 Å². The summed E-state index contributed by atoms with van der Waals surface area (Å²) >= 11 is 4.95. The van der Waals surface area contributed by atoms with E-state index >= 15 is 0 Å². The van der Waals surface area contributed by atoms with E-state index in [2.05, 4.69) is 21.2 Å². The minimum atomic E-state index is -0.736. The standard InChI is InChI=1S/C31H34BrFN2O2S/c32-26-17-15-24(16-18-26)21-38-22-30(36)35(20-25-11-7-8-14-28(25)33)29(19-23-9-3-1-4-10-23)31(37)34-27-12-5-2-6-13-27/h1,3-4,7-11,14-18,27,29H,2,5-6,12-13,19-22H2,(H,34,37)/t29-/m0/s1. The molecule has 0 aliphatic heterocycles. The van der Waals surface area contributed by atoms with Gasteiger partial charge in [-0.2, -0.15) is 0 Å². The SMILES string of the molecule is O=C(NC1CCCCC1)[C@H](Cc1ccccc1)N(Cc1ccccc1F)C(=O)CSCc1ccc(Br)cc1. The molecule has 200 valence electrons. The van der Waals surface area contributed by atoms with E-state index in [1.54, 1.807) is 23.1 Å². The molecule has 0 bridgehead atoms. The minimum absolute atomic E-state index is 0.0416. The summed E-state index contributed by atoms with van der Waals surface area (Å²) in [5, 5.41) is 3.22. The van der Waals surface area contributed by atoms with Crippen molar-refractivity contribution in [2.24, 2.45) is 0 Å². The molecule has 0 heterocycles. The molecule has 2 amide bonds. The Labute approximate surface area is 237 Å². The van der Waals surface area contributed by atoms with E-state index in [9.17, 15) is 14.0 Å². The second-order valence-electron chi connectivity index (χ2n) is 9.78. The lowest BCUT2D eigenvalue weighted by Gasteiger charge is -2.33. The van der Waals surface area contributed by atoms with Gasteiger partial charge in [-0.05, 0) is 42.2 Å². The fourth-order valence-corrected chi connectivity index (χ4v) is 5.96. The largest absolute Gasteiger partial charge is 0.352 e. The molecule has 4 nitrogen and oxygen atoms in total. The van der Waals surface area contributed by atoms with Crippen LogP contribution in [-0.4, -0.2) is 34.6 Å². The van der Waals surface area contributed by atoms with Gasteiger partial charge >= 0.3 is 0 Å². The van der Waals surface area contributed by atoms with Crippen molar-refractivity contribution in [3.05, 3.63) is 106 Å². The van der Waals surface area contributed by atoms with Crippen LogP contribution in [0.5, 0.6) is 0 Å². The maximum atomic E-state index is 14.7. The number of nitrogens with one attached hydrogen (secondary N) is 1. The summed E-state index contributed by atoms with van der Waals surface area (Å²) in [6, 6.07) is 23.6. The fraction of sp³-hybridized carbons (Fsp3) is 0.355. The fourth-order valence-electron chi connectivity index (χ4n) is 4.83. The average molecular weight is 598 g/mol. The van der Waals surface area contributed by atoms with E-state index in [0.29, 0.717) is 17.7 Å². The molecule has 3 aromatic rings. The Morgan fingerprint density at radius 1 is 0.921 bits per heavy atom. The number of carbonyl (C=O) groups is 2. The molecule has 0 saturated heterocycles. The zero-order valence-electron chi connectivity index (χ0n) is 21.5. The number of halogens is 2. The predicted molar refractivity (Wildman–Crippen MR) is 156 cm³/mol. The van der Waals surface area contributed by atoms with Gasteiger partial charge in [0.25, 0.3) is 0 Å². The first-order chi connectivity index (χ1) is 18.5. The number of thioether (sulfide) groups is 1. The first-order valence-electron chi connectivity index (χ1n) is 13.2. The second kappa shape index (κ2) is 14.5. The van der Waals surface area contributed by atoms with Crippen molar-refractivity contribution < 1.29 is 14.0 Å². The molecule has 4 rings (SSSR count). The molecule has 1 saturated carbocycles. The number of benzene rings is 3. The molecule has 1 aliphatic rings. The normalized spacial score (nSPS) is 14.6. The maximum absolute atomic E-state index is 14.7. The number of hydrogen-bond donors (Lipinski definition) is 1. The van der Waals surface area contributed by atoms with Crippen LogP contribution in [0.15, 0.2) is 83.3 Å². The molecular weight excluding hydrogens is 563 g/mol. The Bertz CT molecular complexity index is 1190. The van der Waals surface area contributed by atoms with Crippen LogP contribution in [0.1, 0.15) is 48.8 Å². The summed E-state index contributed by atoms with van der Waals surface area (Å²) in [4.78, 5) is 29.1. The number of nitrogens with zero attached hydrogens (tertiary/aromatic N) is 1. The van der Waals surface area contributed by atoms with Gasteiger partial charge in [0.2, 0.25) is 11.8 Å². The molecule has 1 aliphatic carbocycles. The van der Waals surface area contributed by atoms with Crippen LogP contribution in [0.3, 0.4) is 0 Å². The van der Waals surface area contributed by atoms with Crippen LogP contribution in [0.25, 0.3) is 0 Å². The van der Waals surface area contributed by atoms with Gasteiger partial charge in [0.05, 0.1) is 5.75 Å². The minimum Gasteiger partial charge on any atom is -0.352 e. The Balaban J connectivity index is 1.56. The van der Waals surface area contributed by atoms with Crippen molar-refractivity contribution in [3.63, 3.8) is 0 Å². The van der Waals surface area contributed by atoms with E-state index in [0.717, 1.165) is 41.3 Å². The van der Waals surface area contributed by atoms with E-state index in [4.69, 9.17) is 0 Å². The molecule has 0 aromatic heterocycles. The van der Waals surface area contributed by atoms with Crippen LogP contribution in [0.4, 0.5) is 4.39 Å². The molecule has 0 radical (unpaired) electrons. The smallest absolute Gasteiger partial charge is 0.243 e. The highest BCUT2D eigenvalue weighted by atomic mass is 79.9. The topological polar surface area (TPSA) is 49.4 Å². The van der Waals surface area contributed by atoms with E-state index in [1.165, 1.54) is 24.2 Å². The second-order valence-corrected chi connectivity index (χ2v) is 11.7. The van der Waals surface area contributed by atoms with Gasteiger partial charge in [-0.15, -0.1) is 11.8 Å². The highest BCUT2D eigenvalue weighted by Gasteiger charge is 2.32. The number of carbonyl (C=O) groups excluding carboxylic acids is 2. The van der Waals surface area contributed by atoms with Gasteiger partial charge in [0.1, 0.15) is 11.9 Å². The molecule has 0 spiro atoms. The van der Waals surface area contributed by atoms with Crippen molar-refractivity contribution >= 4 is 39.5 Å².